The Morgan fingerprint density at radius 1 is 1.29 bits per heavy atom. The van der Waals surface area contributed by atoms with Gasteiger partial charge < -0.3 is 15.4 Å². The standard InChI is InChI=1S/C17H25N5OS/c1-4-14-12-20-16(24-14)9-10-19-17(18-5-2)21-11-13-7-6-8-15(22-13)23-3/h6-8,12H,4-5,9-11H2,1-3H3,(H2,18,19,21). The normalized spacial score (nSPS) is 11.4. The minimum atomic E-state index is 0.504. The van der Waals surface area contributed by atoms with E-state index in [1.807, 2.05) is 24.4 Å². The number of nitrogens with zero attached hydrogens (tertiary/aromatic N) is 3. The number of ether oxygens (including phenoxy) is 1. The van der Waals surface area contributed by atoms with Crippen molar-refractivity contribution in [2.24, 2.45) is 4.99 Å². The molecule has 2 rings (SSSR count). The maximum atomic E-state index is 5.14. The molecule has 0 aromatic carbocycles. The Bertz CT molecular complexity index is 656. The molecule has 2 heterocycles. The highest BCUT2D eigenvalue weighted by Crippen LogP contribution is 2.13. The lowest BCUT2D eigenvalue weighted by molar-refractivity contribution is 0.396. The molecule has 0 amide bonds. The van der Waals surface area contributed by atoms with E-state index in [-0.39, 0.29) is 0 Å². The van der Waals surface area contributed by atoms with Crippen LogP contribution in [0.3, 0.4) is 0 Å². The average molecular weight is 347 g/mol. The molecule has 24 heavy (non-hydrogen) atoms. The van der Waals surface area contributed by atoms with Gasteiger partial charge in [-0.05, 0) is 19.4 Å². The molecule has 2 aromatic rings. The Balaban J connectivity index is 1.87. The number of thiazole rings is 1. The second kappa shape index (κ2) is 9.87. The second-order valence-corrected chi connectivity index (χ2v) is 6.32. The summed E-state index contributed by atoms with van der Waals surface area (Å²) in [6.45, 7) is 6.32. The first kappa shape index (κ1) is 18.2. The number of pyridine rings is 1. The van der Waals surface area contributed by atoms with Crippen LogP contribution in [0.1, 0.15) is 29.4 Å². The molecule has 2 N–H and O–H groups in total. The Hall–Kier alpha value is -2.15. The lowest BCUT2D eigenvalue weighted by Gasteiger charge is -2.10. The van der Waals surface area contributed by atoms with Crippen LogP contribution in [-0.4, -0.2) is 36.1 Å². The molecule has 0 spiro atoms. The quantitative estimate of drug-likeness (QED) is 0.567. The van der Waals surface area contributed by atoms with Crippen LogP contribution in [0.2, 0.25) is 0 Å². The smallest absolute Gasteiger partial charge is 0.213 e. The van der Waals surface area contributed by atoms with E-state index in [1.54, 1.807) is 18.4 Å². The van der Waals surface area contributed by atoms with E-state index in [4.69, 9.17) is 4.74 Å². The molecule has 0 saturated heterocycles. The number of hydrogen-bond acceptors (Lipinski definition) is 5. The minimum absolute atomic E-state index is 0.504. The molecule has 0 atom stereocenters. The van der Waals surface area contributed by atoms with Crippen LogP contribution < -0.4 is 15.4 Å². The summed E-state index contributed by atoms with van der Waals surface area (Å²) in [6, 6.07) is 5.69. The summed E-state index contributed by atoms with van der Waals surface area (Å²) in [5.41, 5.74) is 0.874. The zero-order chi connectivity index (χ0) is 17.2. The zero-order valence-electron chi connectivity index (χ0n) is 14.5. The van der Waals surface area contributed by atoms with Crippen LogP contribution in [0.4, 0.5) is 0 Å². The number of aromatic nitrogens is 2. The predicted molar refractivity (Wildman–Crippen MR) is 98.8 cm³/mol. The van der Waals surface area contributed by atoms with Gasteiger partial charge in [0.1, 0.15) is 0 Å². The highest BCUT2D eigenvalue weighted by Gasteiger charge is 2.03. The van der Waals surface area contributed by atoms with Gasteiger partial charge >= 0.3 is 0 Å². The zero-order valence-corrected chi connectivity index (χ0v) is 15.3. The SMILES string of the molecule is CCNC(=NCc1cccc(OC)n1)NCCc1ncc(CC)s1. The molecule has 7 heteroatoms. The number of hydrogen-bond donors (Lipinski definition) is 2. The van der Waals surface area contributed by atoms with E-state index < -0.39 is 0 Å². The van der Waals surface area contributed by atoms with Gasteiger partial charge in [-0.3, -0.25) is 0 Å². The third-order valence-corrected chi connectivity index (χ3v) is 4.52. The molecule has 2 aromatic heterocycles. The molecular formula is C17H25N5OS. The van der Waals surface area contributed by atoms with Crippen molar-refractivity contribution in [2.45, 2.75) is 33.2 Å². The summed E-state index contributed by atoms with van der Waals surface area (Å²) >= 11 is 1.78. The van der Waals surface area contributed by atoms with Crippen molar-refractivity contribution in [2.75, 3.05) is 20.2 Å². The van der Waals surface area contributed by atoms with E-state index >= 15 is 0 Å². The molecule has 130 valence electrons. The molecule has 0 fully saturated rings. The molecule has 0 saturated carbocycles. The van der Waals surface area contributed by atoms with Crippen molar-refractivity contribution in [3.8, 4) is 5.88 Å². The minimum Gasteiger partial charge on any atom is -0.481 e. The van der Waals surface area contributed by atoms with Crippen molar-refractivity contribution in [3.05, 3.63) is 40.0 Å². The summed E-state index contributed by atoms with van der Waals surface area (Å²) in [6.07, 6.45) is 3.91. The van der Waals surface area contributed by atoms with E-state index in [0.29, 0.717) is 12.4 Å². The number of methoxy groups -OCH3 is 1. The summed E-state index contributed by atoms with van der Waals surface area (Å²) in [5.74, 6) is 1.39. The van der Waals surface area contributed by atoms with Crippen LogP contribution >= 0.6 is 11.3 Å². The van der Waals surface area contributed by atoms with Crippen LogP contribution in [-0.2, 0) is 19.4 Å². The number of rotatable bonds is 8. The first-order valence-corrected chi connectivity index (χ1v) is 9.02. The molecular weight excluding hydrogens is 322 g/mol. The third-order valence-electron chi connectivity index (χ3n) is 3.31. The van der Waals surface area contributed by atoms with Gasteiger partial charge in [0.25, 0.3) is 0 Å². The van der Waals surface area contributed by atoms with Gasteiger partial charge in [-0.2, -0.15) is 0 Å². The average Bonchev–Trinajstić information content (AvgIpc) is 3.08. The van der Waals surface area contributed by atoms with Crippen LogP contribution in [0, 0.1) is 0 Å². The largest absolute Gasteiger partial charge is 0.481 e. The van der Waals surface area contributed by atoms with Gasteiger partial charge in [-0.25, -0.2) is 15.0 Å². The van der Waals surface area contributed by atoms with Crippen molar-refractivity contribution in [1.82, 2.24) is 20.6 Å². The van der Waals surface area contributed by atoms with Gasteiger partial charge in [0, 0.05) is 36.7 Å². The monoisotopic (exact) mass is 347 g/mol. The van der Waals surface area contributed by atoms with Crippen molar-refractivity contribution >= 4 is 17.3 Å². The number of aliphatic imine (C=N–C) groups is 1. The molecule has 0 unspecified atom stereocenters. The van der Waals surface area contributed by atoms with Gasteiger partial charge in [0.05, 0.1) is 24.4 Å². The van der Waals surface area contributed by atoms with Crippen molar-refractivity contribution in [3.63, 3.8) is 0 Å². The summed E-state index contributed by atoms with van der Waals surface area (Å²) in [4.78, 5) is 14.7. The fourth-order valence-electron chi connectivity index (χ4n) is 2.08. The maximum absolute atomic E-state index is 5.14. The number of guanidine groups is 1. The lowest BCUT2D eigenvalue weighted by atomic mass is 10.3. The van der Waals surface area contributed by atoms with Gasteiger partial charge in [0.2, 0.25) is 5.88 Å². The third kappa shape index (κ3) is 5.81. The first-order chi connectivity index (χ1) is 11.7. The van der Waals surface area contributed by atoms with Gasteiger partial charge in [0.15, 0.2) is 5.96 Å². The molecule has 0 aliphatic heterocycles. The Kier molecular flexibility index (Phi) is 7.48. The fourth-order valence-corrected chi connectivity index (χ4v) is 2.94. The van der Waals surface area contributed by atoms with E-state index in [2.05, 4.69) is 39.4 Å². The highest BCUT2D eigenvalue weighted by atomic mass is 32.1. The number of nitrogens with one attached hydrogen (secondary N) is 2. The Labute approximate surface area is 147 Å². The molecule has 0 bridgehead atoms. The van der Waals surface area contributed by atoms with Crippen LogP contribution in [0.25, 0.3) is 0 Å². The summed E-state index contributed by atoms with van der Waals surface area (Å²) in [7, 11) is 1.61. The van der Waals surface area contributed by atoms with Crippen molar-refractivity contribution in [1.29, 1.82) is 0 Å². The Morgan fingerprint density at radius 2 is 2.17 bits per heavy atom. The van der Waals surface area contributed by atoms with E-state index in [9.17, 15) is 0 Å². The van der Waals surface area contributed by atoms with E-state index in [0.717, 1.165) is 42.6 Å². The molecule has 0 radical (unpaired) electrons. The summed E-state index contributed by atoms with van der Waals surface area (Å²) in [5, 5.41) is 7.75. The first-order valence-electron chi connectivity index (χ1n) is 8.20. The van der Waals surface area contributed by atoms with Gasteiger partial charge in [-0.1, -0.05) is 13.0 Å². The highest BCUT2D eigenvalue weighted by molar-refractivity contribution is 7.11. The van der Waals surface area contributed by atoms with Crippen LogP contribution in [0.5, 0.6) is 5.88 Å². The second-order valence-electron chi connectivity index (χ2n) is 5.12. The topological polar surface area (TPSA) is 71.4 Å². The van der Waals surface area contributed by atoms with Gasteiger partial charge in [-0.15, -0.1) is 11.3 Å². The maximum Gasteiger partial charge on any atom is 0.213 e. The lowest BCUT2D eigenvalue weighted by Crippen LogP contribution is -2.38. The molecule has 0 aliphatic carbocycles. The van der Waals surface area contributed by atoms with Crippen LogP contribution in [0.15, 0.2) is 29.4 Å². The fraction of sp³-hybridized carbons (Fsp3) is 0.471. The molecule has 0 aliphatic rings. The molecule has 6 nitrogen and oxygen atoms in total. The predicted octanol–water partition coefficient (Wildman–Crippen LogP) is 2.41. The van der Waals surface area contributed by atoms with E-state index in [1.165, 1.54) is 4.88 Å². The van der Waals surface area contributed by atoms with Crippen molar-refractivity contribution < 1.29 is 4.74 Å². The Morgan fingerprint density at radius 3 is 2.88 bits per heavy atom. The number of aryl methyl sites for hydroxylation is 1. The summed E-state index contributed by atoms with van der Waals surface area (Å²) < 4.78 is 5.14.